The molecule has 0 aliphatic carbocycles. The molecule has 0 spiro atoms. The molecule has 2 aliphatic rings. The number of hydrogen-bond donors (Lipinski definition) is 0. The number of quaternary nitrogens is 2. The summed E-state index contributed by atoms with van der Waals surface area (Å²) in [5.74, 6) is 0. The van der Waals surface area contributed by atoms with Crippen molar-refractivity contribution in [1.29, 1.82) is 0 Å². The summed E-state index contributed by atoms with van der Waals surface area (Å²) in [6.45, 7) is 12.4. The molecule has 0 aromatic rings. The highest BCUT2D eigenvalue weighted by atomic mass is 33.3. The van der Waals surface area contributed by atoms with E-state index in [9.17, 15) is 0 Å². The summed E-state index contributed by atoms with van der Waals surface area (Å²) >= 11 is 29.6. The van der Waals surface area contributed by atoms with Crippen molar-refractivity contribution in [1.82, 2.24) is 0 Å². The zero-order valence-electron chi connectivity index (χ0n) is 22.0. The van der Waals surface area contributed by atoms with Gasteiger partial charge in [-0.25, -0.2) is 67.4 Å². The van der Waals surface area contributed by atoms with Crippen molar-refractivity contribution in [3.63, 3.8) is 0 Å². The van der Waals surface area contributed by atoms with E-state index in [0.717, 1.165) is 8.79 Å². The highest BCUT2D eigenvalue weighted by Gasteiger charge is 2.63. The van der Waals surface area contributed by atoms with Crippen LogP contribution >= 0.6 is 81.4 Å². The van der Waals surface area contributed by atoms with E-state index >= 15 is 0 Å². The second-order valence-corrected chi connectivity index (χ2v) is 45.3. The second-order valence-electron chi connectivity index (χ2n) is 10.9. The minimum Gasteiger partial charge on any atom is -0.494 e. The Morgan fingerprint density at radius 3 is 1.18 bits per heavy atom. The average molecular weight is 699 g/mol. The maximum atomic E-state index is 6.67. The third kappa shape index (κ3) is 8.27. The van der Waals surface area contributed by atoms with Gasteiger partial charge in [0.05, 0.1) is 18.3 Å². The van der Waals surface area contributed by atoms with Gasteiger partial charge in [0.25, 0.3) is 0 Å². The van der Waals surface area contributed by atoms with Crippen molar-refractivity contribution >= 4 is 125 Å². The lowest BCUT2D eigenvalue weighted by molar-refractivity contribution is -0.757. The minimum absolute atomic E-state index is 0.0431. The van der Waals surface area contributed by atoms with Crippen LogP contribution in [0.15, 0.2) is 0 Å². The normalized spacial score (nSPS) is 36.4. The van der Waals surface area contributed by atoms with Gasteiger partial charge in [-0.05, 0) is 41.5 Å². The fourth-order valence-electron chi connectivity index (χ4n) is 2.87. The molecule has 0 saturated carbocycles. The highest BCUT2D eigenvalue weighted by molar-refractivity contribution is 9.40. The fourth-order valence-corrected chi connectivity index (χ4v) is 66.6. The van der Waals surface area contributed by atoms with Gasteiger partial charge in [0, 0.05) is 42.3 Å². The van der Waals surface area contributed by atoms with E-state index in [1.807, 2.05) is 67.4 Å². The molecule has 2 fully saturated rings. The first-order chi connectivity index (χ1) is 15.0. The average Bonchev–Trinajstić information content (AvgIpc) is 2.46. The molecule has 2 saturated heterocycles. The van der Waals surface area contributed by atoms with Crippen molar-refractivity contribution in [2.75, 3.05) is 42.3 Å². The molecular formula is C15H39B2N2O3P3S9. The number of hydrogen-bond acceptors (Lipinski definition) is 12. The van der Waals surface area contributed by atoms with Crippen LogP contribution in [-0.4, -0.2) is 77.6 Å². The lowest BCUT2D eigenvalue weighted by Crippen LogP contribution is -2.59. The van der Waals surface area contributed by atoms with Crippen molar-refractivity contribution in [3.8, 4) is 0 Å². The van der Waals surface area contributed by atoms with Gasteiger partial charge in [0.1, 0.15) is 14.0 Å². The van der Waals surface area contributed by atoms with Gasteiger partial charge in [-0.3, -0.25) is 0 Å². The van der Waals surface area contributed by atoms with Crippen LogP contribution in [0.5, 0.6) is 0 Å². The van der Waals surface area contributed by atoms with E-state index in [1.54, 1.807) is 0 Å². The Morgan fingerprint density at radius 1 is 0.676 bits per heavy atom. The van der Waals surface area contributed by atoms with E-state index in [2.05, 4.69) is 83.8 Å². The molecule has 0 N–H and O–H groups in total. The molecule has 0 amide bonds. The third-order valence-electron chi connectivity index (χ3n) is 4.49. The quantitative estimate of drug-likeness (QED) is 0.144. The molecule has 2 aliphatic heterocycles. The first-order valence-electron chi connectivity index (χ1n) is 11.0. The second kappa shape index (κ2) is 11.7. The Bertz CT molecular complexity index is 830. The van der Waals surface area contributed by atoms with Crippen molar-refractivity contribution < 1.29 is 22.4 Å². The Kier molecular flexibility index (Phi) is 11.8. The first kappa shape index (κ1) is 34.2. The first-order valence-corrected chi connectivity index (χ1v) is 28.0. The zero-order valence-corrected chi connectivity index (χ0v) is 32.1. The minimum atomic E-state index is -2.38. The number of rotatable bonds is 12. The van der Waals surface area contributed by atoms with E-state index < -0.39 is 22.2 Å². The topological polar surface area (TPSA) is 27.7 Å². The smallest absolute Gasteiger partial charge is 0.393 e. The lowest BCUT2D eigenvalue weighted by atomic mass is 10.2. The maximum absolute atomic E-state index is 6.67. The molecule has 0 atom stereocenters. The van der Waals surface area contributed by atoms with E-state index in [1.165, 1.54) is 0 Å². The Labute approximate surface area is 247 Å². The van der Waals surface area contributed by atoms with Crippen LogP contribution in [0.1, 0.15) is 41.5 Å². The van der Waals surface area contributed by atoms with Crippen LogP contribution in [-0.2, 0) is 49.0 Å². The summed E-state index contributed by atoms with van der Waals surface area (Å²) in [5.41, 5.74) is 0. The third-order valence-corrected chi connectivity index (χ3v) is 43.8. The molecule has 0 aromatic heterocycles. The summed E-state index contributed by atoms with van der Waals surface area (Å²) in [6, 6.07) is 0. The van der Waals surface area contributed by atoms with Crippen molar-refractivity contribution in [3.05, 3.63) is 0 Å². The Balaban J connectivity index is 2.40. The summed E-state index contributed by atoms with van der Waals surface area (Å²) < 4.78 is 12.1. The summed E-state index contributed by atoms with van der Waals surface area (Å²) in [7, 11) is 13.4. The summed E-state index contributed by atoms with van der Waals surface area (Å²) in [5, 5.41) is 0. The maximum Gasteiger partial charge on any atom is 0.393 e. The molecule has 5 nitrogen and oxygen atoms in total. The van der Waals surface area contributed by atoms with Crippen LogP contribution in [0.4, 0.5) is 0 Å². The van der Waals surface area contributed by atoms with Gasteiger partial charge in [0.2, 0.25) is 0 Å². The van der Waals surface area contributed by atoms with Gasteiger partial charge in [0.15, 0.2) is 0 Å². The predicted molar refractivity (Wildman–Crippen MR) is 185 cm³/mol. The Morgan fingerprint density at radius 2 is 0.971 bits per heavy atom. The SMILES string of the molecule is CC(C)OP1(=S)S[B-](SP(=S)(OC(C)C)S[B-]2([N+](C)(C)C)SP(=S)(OC(C)C)S2)([N+](C)(C)C)S1. The molecule has 34 heavy (non-hydrogen) atoms. The van der Waals surface area contributed by atoms with Crippen LogP contribution in [0, 0.1) is 0 Å². The summed E-state index contributed by atoms with van der Waals surface area (Å²) in [4.78, 5) is 0. The van der Waals surface area contributed by atoms with Gasteiger partial charge >= 0.3 is 8.23 Å². The predicted octanol–water partition coefficient (Wildman–Crippen LogP) is 8.64. The highest BCUT2D eigenvalue weighted by Crippen LogP contribution is 2.98. The monoisotopic (exact) mass is 698 g/mol. The molecule has 0 unspecified atom stereocenters. The molecule has 202 valence electrons. The van der Waals surface area contributed by atoms with E-state index in [4.69, 9.17) is 49.0 Å². The molecule has 0 radical (unpaired) electrons. The molecule has 2 rings (SSSR count). The van der Waals surface area contributed by atoms with Crippen molar-refractivity contribution in [2.24, 2.45) is 0 Å². The molecule has 0 aromatic carbocycles. The van der Waals surface area contributed by atoms with Gasteiger partial charge in [-0.2, -0.15) is 0 Å². The van der Waals surface area contributed by atoms with Crippen LogP contribution in [0.3, 0.4) is 0 Å². The summed E-state index contributed by atoms with van der Waals surface area (Å²) in [6.07, 6.45) is 0.291. The van der Waals surface area contributed by atoms with Gasteiger partial charge in [-0.1, -0.05) is 35.4 Å². The van der Waals surface area contributed by atoms with Crippen LogP contribution in [0.25, 0.3) is 0 Å². The Hall–Kier alpha value is 3.98. The molecule has 19 heteroatoms. The number of nitrogens with zero attached hydrogens (tertiary/aromatic N) is 2. The van der Waals surface area contributed by atoms with Crippen molar-refractivity contribution in [2.45, 2.75) is 59.9 Å². The van der Waals surface area contributed by atoms with Gasteiger partial charge < -0.3 is 22.4 Å². The van der Waals surface area contributed by atoms with Crippen LogP contribution in [0.2, 0.25) is 0 Å². The molecule has 2 heterocycles. The zero-order chi connectivity index (χ0) is 26.6. The van der Waals surface area contributed by atoms with Crippen LogP contribution < -0.4 is 0 Å². The fraction of sp³-hybridized carbons (Fsp3) is 1.00. The largest absolute Gasteiger partial charge is 0.494 e. The lowest BCUT2D eigenvalue weighted by Gasteiger charge is -2.65. The van der Waals surface area contributed by atoms with E-state index in [0.29, 0.717) is 0 Å². The van der Waals surface area contributed by atoms with Gasteiger partial charge in [-0.15, -0.1) is 0 Å². The molecule has 0 bridgehead atoms. The molecular weight excluding hydrogens is 659 g/mol. The van der Waals surface area contributed by atoms with E-state index in [-0.39, 0.29) is 18.3 Å². The standard InChI is InChI=1S/C15H39B2N2O3P3S9/c1-13(2)20-23(26,29-16(18(7,8)9)31-24(27,32-16)21-14(3)4)30-17(19(10,11)12)33-25(28,34-17)22-15(5)6/h13-15H,1-12H3.